The van der Waals surface area contributed by atoms with Crippen molar-refractivity contribution in [2.45, 2.75) is 10.8 Å². The van der Waals surface area contributed by atoms with Crippen LogP contribution in [-0.2, 0) is 0 Å². The molecule has 2 aromatic rings. The Hall–Kier alpha value is -1.31. The zero-order valence-electron chi connectivity index (χ0n) is 9.44. The van der Waals surface area contributed by atoms with Gasteiger partial charge in [-0.15, -0.1) is 23.2 Å². The maximum Gasteiger partial charge on any atom is 0.193 e. The van der Waals surface area contributed by atoms with Crippen molar-refractivity contribution in [3.63, 3.8) is 0 Å². The van der Waals surface area contributed by atoms with E-state index in [1.807, 2.05) is 36.4 Å². The van der Waals surface area contributed by atoms with Crippen LogP contribution in [0.1, 0.15) is 37.8 Å². The number of fused-ring (bicyclic) bond motifs is 2. The first-order valence-corrected chi connectivity index (χ1v) is 6.58. The molecule has 0 aliphatic heterocycles. The fraction of sp³-hybridized carbons (Fsp3) is 0.133. The Morgan fingerprint density at radius 1 is 0.722 bits per heavy atom. The van der Waals surface area contributed by atoms with Crippen molar-refractivity contribution in [2.75, 3.05) is 0 Å². The molecule has 0 saturated heterocycles. The van der Waals surface area contributed by atoms with Crippen LogP contribution in [0.3, 0.4) is 0 Å². The fourth-order valence-electron chi connectivity index (χ4n) is 2.35. The molecule has 3 rings (SSSR count). The van der Waals surface area contributed by atoms with Crippen LogP contribution in [0.15, 0.2) is 48.5 Å². The quantitative estimate of drug-likeness (QED) is 0.648. The normalized spacial score (nSPS) is 22.0. The van der Waals surface area contributed by atoms with E-state index in [4.69, 9.17) is 23.2 Å². The Morgan fingerprint density at radius 2 is 1.11 bits per heavy atom. The summed E-state index contributed by atoms with van der Waals surface area (Å²) in [6, 6.07) is 14.8. The molecule has 90 valence electrons. The number of alkyl halides is 2. The molecular weight excluding hydrogens is 267 g/mol. The van der Waals surface area contributed by atoms with Crippen LogP contribution in [0.5, 0.6) is 0 Å². The molecule has 2 aromatic carbocycles. The van der Waals surface area contributed by atoms with Crippen molar-refractivity contribution in [1.82, 2.24) is 0 Å². The average molecular weight is 277 g/mol. The van der Waals surface area contributed by atoms with Gasteiger partial charge in [-0.05, 0) is 11.1 Å². The van der Waals surface area contributed by atoms with E-state index in [9.17, 15) is 4.79 Å². The van der Waals surface area contributed by atoms with Crippen molar-refractivity contribution >= 4 is 29.0 Å². The van der Waals surface area contributed by atoms with Crippen LogP contribution in [0, 0.1) is 0 Å². The van der Waals surface area contributed by atoms with E-state index in [1.54, 1.807) is 12.1 Å². The van der Waals surface area contributed by atoms with Gasteiger partial charge in [0.25, 0.3) is 0 Å². The molecule has 0 aromatic heterocycles. The molecule has 0 amide bonds. The number of hydrogen-bond acceptors (Lipinski definition) is 1. The second kappa shape index (κ2) is 4.42. The van der Waals surface area contributed by atoms with Gasteiger partial charge in [0.2, 0.25) is 0 Å². The molecule has 0 spiro atoms. The SMILES string of the molecule is O=C1c2ccccc2[C@H](Cl)[C@@H](Cl)c2ccccc21. The summed E-state index contributed by atoms with van der Waals surface area (Å²) >= 11 is 12.8. The number of carbonyl (C=O) groups excluding carboxylic acids is 1. The Balaban J connectivity index is 2.31. The van der Waals surface area contributed by atoms with Crippen LogP contribution in [-0.4, -0.2) is 5.78 Å². The van der Waals surface area contributed by atoms with Gasteiger partial charge in [-0.25, -0.2) is 0 Å². The number of hydrogen-bond donors (Lipinski definition) is 0. The highest BCUT2D eigenvalue weighted by Crippen LogP contribution is 2.44. The lowest BCUT2D eigenvalue weighted by molar-refractivity contribution is 0.103. The number of rotatable bonds is 0. The van der Waals surface area contributed by atoms with Crippen molar-refractivity contribution in [2.24, 2.45) is 0 Å². The topological polar surface area (TPSA) is 17.1 Å². The van der Waals surface area contributed by atoms with E-state index in [2.05, 4.69) is 0 Å². The molecule has 1 nitrogen and oxygen atoms in total. The number of halogens is 2. The highest BCUT2D eigenvalue weighted by Gasteiger charge is 2.32. The first kappa shape index (κ1) is 11.8. The van der Waals surface area contributed by atoms with Gasteiger partial charge in [0.05, 0.1) is 10.8 Å². The minimum atomic E-state index is -0.393. The first-order valence-electron chi connectivity index (χ1n) is 5.71. The van der Waals surface area contributed by atoms with Gasteiger partial charge in [-0.1, -0.05) is 48.5 Å². The highest BCUT2D eigenvalue weighted by atomic mass is 35.5. The lowest BCUT2D eigenvalue weighted by Gasteiger charge is -2.15. The second-order valence-electron chi connectivity index (χ2n) is 4.31. The molecule has 0 unspecified atom stereocenters. The molecule has 0 saturated carbocycles. The van der Waals surface area contributed by atoms with E-state index in [0.29, 0.717) is 11.1 Å². The lowest BCUT2D eigenvalue weighted by atomic mass is 9.99. The Morgan fingerprint density at radius 3 is 1.56 bits per heavy atom. The van der Waals surface area contributed by atoms with E-state index in [1.165, 1.54) is 0 Å². The summed E-state index contributed by atoms with van der Waals surface area (Å²) in [5.74, 6) is -0.00463. The molecule has 0 heterocycles. The van der Waals surface area contributed by atoms with Gasteiger partial charge < -0.3 is 0 Å². The molecule has 2 atom stereocenters. The summed E-state index contributed by atoms with van der Waals surface area (Å²) in [5, 5.41) is -0.786. The van der Waals surface area contributed by atoms with Crippen LogP contribution >= 0.6 is 23.2 Å². The predicted octanol–water partition coefficient (Wildman–Crippen LogP) is 4.49. The van der Waals surface area contributed by atoms with E-state index in [-0.39, 0.29) is 5.78 Å². The van der Waals surface area contributed by atoms with E-state index < -0.39 is 10.8 Å². The summed E-state index contributed by atoms with van der Waals surface area (Å²) in [4.78, 5) is 12.5. The van der Waals surface area contributed by atoms with Gasteiger partial charge in [-0.3, -0.25) is 4.79 Å². The third-order valence-corrected chi connectivity index (χ3v) is 4.37. The maximum atomic E-state index is 12.5. The summed E-state index contributed by atoms with van der Waals surface area (Å²) in [7, 11) is 0. The standard InChI is InChI=1S/C15H10Cl2O/c16-13-9-5-1-3-7-11(9)15(18)12-8-4-2-6-10(12)14(13)17/h1-8,13-14H/t13-,14-/m0/s1. The largest absolute Gasteiger partial charge is 0.289 e. The maximum absolute atomic E-state index is 12.5. The van der Waals surface area contributed by atoms with Gasteiger partial charge >= 0.3 is 0 Å². The van der Waals surface area contributed by atoms with Crippen molar-refractivity contribution in [3.8, 4) is 0 Å². The number of ketones is 1. The molecule has 1 aliphatic rings. The monoisotopic (exact) mass is 276 g/mol. The first-order chi connectivity index (χ1) is 8.70. The van der Waals surface area contributed by atoms with E-state index in [0.717, 1.165) is 11.1 Å². The molecule has 0 radical (unpaired) electrons. The summed E-state index contributed by atoms with van der Waals surface area (Å²) in [6.45, 7) is 0. The van der Waals surface area contributed by atoms with Crippen molar-refractivity contribution in [3.05, 3.63) is 70.8 Å². The summed E-state index contributed by atoms with van der Waals surface area (Å²) in [5.41, 5.74) is 2.90. The van der Waals surface area contributed by atoms with Crippen LogP contribution in [0.4, 0.5) is 0 Å². The molecule has 1 aliphatic carbocycles. The summed E-state index contributed by atoms with van der Waals surface area (Å²) in [6.07, 6.45) is 0. The van der Waals surface area contributed by atoms with Gasteiger partial charge in [0.15, 0.2) is 5.78 Å². The predicted molar refractivity (Wildman–Crippen MR) is 73.5 cm³/mol. The Labute approximate surface area is 115 Å². The Kier molecular flexibility index (Phi) is 2.89. The third-order valence-electron chi connectivity index (χ3n) is 3.26. The number of benzene rings is 2. The molecule has 3 heteroatoms. The summed E-state index contributed by atoms with van der Waals surface area (Å²) < 4.78 is 0. The van der Waals surface area contributed by atoms with Gasteiger partial charge in [-0.2, -0.15) is 0 Å². The lowest BCUT2D eigenvalue weighted by Crippen LogP contribution is -2.03. The van der Waals surface area contributed by atoms with Crippen LogP contribution < -0.4 is 0 Å². The molecule has 0 bridgehead atoms. The fourth-order valence-corrected chi connectivity index (χ4v) is 3.00. The van der Waals surface area contributed by atoms with Gasteiger partial charge in [0.1, 0.15) is 0 Å². The van der Waals surface area contributed by atoms with Crippen LogP contribution in [0.2, 0.25) is 0 Å². The number of carbonyl (C=O) groups is 1. The Bertz CT molecular complexity index is 568. The molecule has 0 fully saturated rings. The average Bonchev–Trinajstić information content (AvgIpc) is 2.51. The smallest absolute Gasteiger partial charge is 0.193 e. The van der Waals surface area contributed by atoms with Gasteiger partial charge in [0, 0.05) is 11.1 Å². The highest BCUT2D eigenvalue weighted by molar-refractivity contribution is 6.32. The van der Waals surface area contributed by atoms with E-state index >= 15 is 0 Å². The minimum Gasteiger partial charge on any atom is -0.289 e. The van der Waals surface area contributed by atoms with Crippen LogP contribution in [0.25, 0.3) is 0 Å². The minimum absolute atomic E-state index is 0.00463. The van der Waals surface area contributed by atoms with Crippen molar-refractivity contribution < 1.29 is 4.79 Å². The molecule has 18 heavy (non-hydrogen) atoms. The second-order valence-corrected chi connectivity index (χ2v) is 5.25. The van der Waals surface area contributed by atoms with Crippen molar-refractivity contribution in [1.29, 1.82) is 0 Å². The zero-order valence-corrected chi connectivity index (χ0v) is 10.9. The molecule has 0 N–H and O–H groups in total. The molecular formula is C15H10Cl2O. The third kappa shape index (κ3) is 1.66. The zero-order chi connectivity index (χ0) is 12.7.